The molecule has 17 heavy (non-hydrogen) atoms. The first-order valence-corrected chi connectivity index (χ1v) is 5.88. The summed E-state index contributed by atoms with van der Waals surface area (Å²) in [6.45, 7) is 3.78. The molecule has 5 heteroatoms. The van der Waals surface area contributed by atoms with Crippen molar-refractivity contribution in [1.82, 2.24) is 4.90 Å². The molecule has 0 atom stereocenters. The lowest BCUT2D eigenvalue weighted by Crippen LogP contribution is -2.47. The summed E-state index contributed by atoms with van der Waals surface area (Å²) in [6.07, 6.45) is 0. The van der Waals surface area contributed by atoms with E-state index in [-0.39, 0.29) is 0 Å². The largest absolute Gasteiger partial charge is 0.480 e. The zero-order valence-corrected chi connectivity index (χ0v) is 11.5. The molecule has 0 aromatic heterocycles. The highest BCUT2D eigenvalue weighted by atomic mass is 35.5. The van der Waals surface area contributed by atoms with Gasteiger partial charge in [0.15, 0.2) is 0 Å². The Balaban J connectivity index is 2.88. The Morgan fingerprint density at radius 3 is 2.18 bits per heavy atom. The fourth-order valence-electron chi connectivity index (χ4n) is 1.34. The molecule has 0 aliphatic carbocycles. The van der Waals surface area contributed by atoms with E-state index in [0.717, 1.165) is 5.56 Å². The van der Waals surface area contributed by atoms with E-state index in [1.54, 1.807) is 44.0 Å². The van der Waals surface area contributed by atoms with E-state index in [4.69, 9.17) is 28.3 Å². The molecule has 3 nitrogen and oxygen atoms in total. The summed E-state index contributed by atoms with van der Waals surface area (Å²) < 4.78 is 0. The summed E-state index contributed by atoms with van der Waals surface area (Å²) in [7, 11) is 1.75. The van der Waals surface area contributed by atoms with Crippen molar-refractivity contribution in [2.75, 3.05) is 7.05 Å². The standard InChI is InChI=1S/C12H15Cl2NO2/c1-12(2,11(16)17)15(3)7-8-4-9(13)6-10(14)5-8/h4-6H,7H2,1-3H3,(H,16,17). The van der Waals surface area contributed by atoms with E-state index in [2.05, 4.69) is 0 Å². The number of carbonyl (C=O) groups is 1. The summed E-state index contributed by atoms with van der Waals surface area (Å²) in [5.41, 5.74) is -0.0475. The first-order chi connectivity index (χ1) is 7.73. The van der Waals surface area contributed by atoms with Gasteiger partial charge in [0.25, 0.3) is 0 Å². The Morgan fingerprint density at radius 1 is 1.29 bits per heavy atom. The highest BCUT2D eigenvalue weighted by Gasteiger charge is 2.31. The molecule has 0 fully saturated rings. The number of likely N-dealkylation sites (N-methyl/N-ethyl adjacent to an activating group) is 1. The fourth-order valence-corrected chi connectivity index (χ4v) is 1.91. The van der Waals surface area contributed by atoms with Crippen LogP contribution in [-0.4, -0.2) is 28.6 Å². The zero-order chi connectivity index (χ0) is 13.2. The zero-order valence-electron chi connectivity index (χ0n) is 10.00. The van der Waals surface area contributed by atoms with Crippen molar-refractivity contribution in [2.24, 2.45) is 0 Å². The molecule has 0 unspecified atom stereocenters. The number of benzene rings is 1. The smallest absolute Gasteiger partial charge is 0.323 e. The molecule has 0 saturated heterocycles. The SMILES string of the molecule is CN(Cc1cc(Cl)cc(Cl)c1)C(C)(C)C(=O)O. The van der Waals surface area contributed by atoms with E-state index in [1.807, 2.05) is 0 Å². The number of nitrogens with zero attached hydrogens (tertiary/aromatic N) is 1. The van der Waals surface area contributed by atoms with Gasteiger partial charge in [-0.2, -0.15) is 0 Å². The third kappa shape index (κ3) is 3.60. The number of hydrogen-bond donors (Lipinski definition) is 1. The van der Waals surface area contributed by atoms with Crippen molar-refractivity contribution in [3.05, 3.63) is 33.8 Å². The first kappa shape index (κ1) is 14.3. The predicted molar refractivity (Wildman–Crippen MR) is 69.6 cm³/mol. The molecule has 1 aromatic rings. The summed E-state index contributed by atoms with van der Waals surface area (Å²) in [5, 5.41) is 10.2. The Kier molecular flexibility index (Phi) is 4.42. The summed E-state index contributed by atoms with van der Waals surface area (Å²) in [6, 6.07) is 5.21. The van der Waals surface area contributed by atoms with Crippen LogP contribution in [0, 0.1) is 0 Å². The van der Waals surface area contributed by atoms with E-state index in [0.29, 0.717) is 16.6 Å². The van der Waals surface area contributed by atoms with Crippen LogP contribution in [0.5, 0.6) is 0 Å². The molecule has 0 aliphatic heterocycles. The van der Waals surface area contributed by atoms with Crippen LogP contribution in [0.1, 0.15) is 19.4 Å². The lowest BCUT2D eigenvalue weighted by Gasteiger charge is -2.31. The Labute approximate surface area is 111 Å². The molecule has 0 aliphatic rings. The molecule has 0 spiro atoms. The van der Waals surface area contributed by atoms with Gasteiger partial charge in [-0.3, -0.25) is 9.69 Å². The Hall–Kier alpha value is -0.770. The van der Waals surface area contributed by atoms with E-state index < -0.39 is 11.5 Å². The van der Waals surface area contributed by atoms with Gasteiger partial charge in [0.05, 0.1) is 0 Å². The molecule has 0 saturated carbocycles. The number of hydrogen-bond acceptors (Lipinski definition) is 2. The summed E-state index contributed by atoms with van der Waals surface area (Å²) in [5.74, 6) is -0.867. The summed E-state index contributed by atoms with van der Waals surface area (Å²) in [4.78, 5) is 12.8. The lowest BCUT2D eigenvalue weighted by molar-refractivity contribution is -0.148. The molecule has 1 N–H and O–H groups in total. The van der Waals surface area contributed by atoms with E-state index in [1.165, 1.54) is 0 Å². The van der Waals surface area contributed by atoms with Crippen molar-refractivity contribution in [2.45, 2.75) is 25.9 Å². The molecule has 0 radical (unpaired) electrons. The highest BCUT2D eigenvalue weighted by molar-refractivity contribution is 6.34. The van der Waals surface area contributed by atoms with Gasteiger partial charge < -0.3 is 5.11 Å². The van der Waals surface area contributed by atoms with Crippen LogP contribution in [0.3, 0.4) is 0 Å². The second-order valence-electron chi connectivity index (χ2n) is 4.50. The van der Waals surface area contributed by atoms with Crippen molar-refractivity contribution >= 4 is 29.2 Å². The molecule has 94 valence electrons. The van der Waals surface area contributed by atoms with Crippen LogP contribution in [0.4, 0.5) is 0 Å². The number of aliphatic carboxylic acids is 1. The topological polar surface area (TPSA) is 40.5 Å². The normalized spacial score (nSPS) is 11.9. The Bertz CT molecular complexity index is 412. The van der Waals surface area contributed by atoms with Gasteiger partial charge in [-0.05, 0) is 44.7 Å². The van der Waals surface area contributed by atoms with Crippen LogP contribution in [0.15, 0.2) is 18.2 Å². The molecule has 1 aromatic carbocycles. The van der Waals surface area contributed by atoms with Crippen molar-refractivity contribution in [3.8, 4) is 0 Å². The average Bonchev–Trinajstić information content (AvgIpc) is 2.15. The molecule has 0 amide bonds. The van der Waals surface area contributed by atoms with Crippen molar-refractivity contribution in [1.29, 1.82) is 0 Å². The van der Waals surface area contributed by atoms with Crippen LogP contribution in [-0.2, 0) is 11.3 Å². The molecule has 0 bridgehead atoms. The third-order valence-electron chi connectivity index (χ3n) is 2.82. The minimum Gasteiger partial charge on any atom is -0.480 e. The van der Waals surface area contributed by atoms with Gasteiger partial charge in [0, 0.05) is 16.6 Å². The maximum atomic E-state index is 11.1. The number of rotatable bonds is 4. The van der Waals surface area contributed by atoms with Crippen LogP contribution < -0.4 is 0 Å². The Morgan fingerprint density at radius 2 is 1.76 bits per heavy atom. The van der Waals surface area contributed by atoms with Crippen LogP contribution in [0.2, 0.25) is 10.0 Å². The highest BCUT2D eigenvalue weighted by Crippen LogP contribution is 2.22. The second-order valence-corrected chi connectivity index (χ2v) is 5.37. The molecular formula is C12H15Cl2NO2. The van der Waals surface area contributed by atoms with Crippen LogP contribution >= 0.6 is 23.2 Å². The van der Waals surface area contributed by atoms with Gasteiger partial charge in [-0.25, -0.2) is 0 Å². The minimum absolute atomic E-state index is 0.472. The van der Waals surface area contributed by atoms with Gasteiger partial charge in [0.2, 0.25) is 0 Å². The maximum absolute atomic E-state index is 11.1. The quantitative estimate of drug-likeness (QED) is 0.917. The van der Waals surface area contributed by atoms with Crippen molar-refractivity contribution in [3.63, 3.8) is 0 Å². The first-order valence-electron chi connectivity index (χ1n) is 5.13. The van der Waals surface area contributed by atoms with Crippen LogP contribution in [0.25, 0.3) is 0 Å². The van der Waals surface area contributed by atoms with Gasteiger partial charge in [-0.1, -0.05) is 23.2 Å². The van der Waals surface area contributed by atoms with Gasteiger partial charge >= 0.3 is 5.97 Å². The molecular weight excluding hydrogens is 261 g/mol. The second kappa shape index (κ2) is 5.25. The average molecular weight is 276 g/mol. The maximum Gasteiger partial charge on any atom is 0.323 e. The van der Waals surface area contributed by atoms with Gasteiger partial charge in [-0.15, -0.1) is 0 Å². The third-order valence-corrected chi connectivity index (χ3v) is 3.26. The number of carboxylic acid groups (broad SMARTS) is 1. The molecule has 1 rings (SSSR count). The fraction of sp³-hybridized carbons (Fsp3) is 0.417. The van der Waals surface area contributed by atoms with Crippen molar-refractivity contribution < 1.29 is 9.90 Å². The lowest BCUT2D eigenvalue weighted by atomic mass is 10.0. The minimum atomic E-state index is -0.936. The van der Waals surface area contributed by atoms with Gasteiger partial charge in [0.1, 0.15) is 5.54 Å². The number of carboxylic acids is 1. The van der Waals surface area contributed by atoms with E-state index in [9.17, 15) is 4.79 Å². The number of halogens is 2. The van der Waals surface area contributed by atoms with E-state index >= 15 is 0 Å². The monoisotopic (exact) mass is 275 g/mol. The molecule has 0 heterocycles. The summed E-state index contributed by atoms with van der Waals surface area (Å²) >= 11 is 11.8. The predicted octanol–water partition coefficient (Wildman–Crippen LogP) is 3.29.